The Morgan fingerprint density at radius 2 is 1.41 bits per heavy atom. The average molecular weight is 715 g/mol. The summed E-state index contributed by atoms with van der Waals surface area (Å²) in [4.78, 5) is 2.15. The Kier molecular flexibility index (Phi) is 7.66. The maximum Gasteiger partial charge on any atom is 0.101 e. The molecular weight excluding hydrogens is 681 g/mol. The Morgan fingerprint density at radius 1 is 0.679 bits per heavy atom. The van der Waals surface area contributed by atoms with E-state index in [1.807, 2.05) is 24.3 Å². The van der Waals surface area contributed by atoms with Gasteiger partial charge in [-0.3, -0.25) is 0 Å². The maximum atomic E-state index is 11.0. The number of hydrogen-bond donors (Lipinski definition) is 0. The summed E-state index contributed by atoms with van der Waals surface area (Å²) >= 11 is 0. The number of aryl methyl sites for hydroxylation is 1. The summed E-state index contributed by atoms with van der Waals surface area (Å²) in [6.07, 6.45) is 16.6. The molecule has 0 radical (unpaired) electrons. The molecule has 1 aromatic heterocycles. The van der Waals surface area contributed by atoms with Gasteiger partial charge in [0.2, 0.25) is 0 Å². The highest BCUT2D eigenvalue weighted by Crippen LogP contribution is 2.48. The Bertz CT molecular complexity index is 3210. The van der Waals surface area contributed by atoms with Crippen LogP contribution in [0.25, 0.3) is 66.2 Å². The first kappa shape index (κ1) is 32.9. The van der Waals surface area contributed by atoms with Crippen molar-refractivity contribution in [3.63, 3.8) is 0 Å². The van der Waals surface area contributed by atoms with Crippen molar-refractivity contribution >= 4 is 60.8 Å². The quantitative estimate of drug-likeness (QED) is 0.167. The molecule has 56 heavy (non-hydrogen) atoms. The minimum Gasteiger partial charge on any atom is -0.309 e. The predicted octanol–water partition coefficient (Wildman–Crippen LogP) is 13.3. The molecule has 0 saturated carbocycles. The largest absolute Gasteiger partial charge is 0.309 e. The fourth-order valence-electron chi connectivity index (χ4n) is 8.86. The van der Waals surface area contributed by atoms with Crippen LogP contribution in [0.3, 0.4) is 0 Å². The van der Waals surface area contributed by atoms with E-state index in [-0.39, 0.29) is 5.92 Å². The van der Waals surface area contributed by atoms with Crippen molar-refractivity contribution < 1.29 is 0 Å². The van der Waals surface area contributed by atoms with E-state index in [0.29, 0.717) is 22.5 Å². The third-order valence-electron chi connectivity index (χ3n) is 11.4. The van der Waals surface area contributed by atoms with E-state index in [4.69, 9.17) is 0 Å². The summed E-state index contributed by atoms with van der Waals surface area (Å²) in [5.41, 5.74) is 11.9. The van der Waals surface area contributed by atoms with Crippen LogP contribution >= 0.6 is 0 Å². The van der Waals surface area contributed by atoms with E-state index in [1.54, 1.807) is 6.08 Å². The van der Waals surface area contributed by atoms with Gasteiger partial charge in [0.1, 0.15) is 12.1 Å². The van der Waals surface area contributed by atoms with Crippen LogP contribution in [-0.4, -0.2) is 4.57 Å². The topological polar surface area (TPSA) is 55.8 Å². The molecule has 0 amide bonds. The molecule has 4 nitrogen and oxygen atoms in total. The summed E-state index contributed by atoms with van der Waals surface area (Å²) in [5.74, 6) is 0.0730. The summed E-state index contributed by atoms with van der Waals surface area (Å²) < 4.78 is 2.17. The number of hydrogen-bond acceptors (Lipinski definition) is 3. The van der Waals surface area contributed by atoms with Gasteiger partial charge in [0.05, 0.1) is 39.2 Å². The highest BCUT2D eigenvalue weighted by Gasteiger charge is 2.30. The van der Waals surface area contributed by atoms with E-state index in [0.717, 1.165) is 66.0 Å². The van der Waals surface area contributed by atoms with Gasteiger partial charge in [0.15, 0.2) is 0 Å². The number of nitriles is 2. The number of nitrogens with zero attached hydrogens (tertiary/aromatic N) is 4. The SMILES string of the molecule is C=C/C=C\c1c(C)cccc1-c1ccc2c(c1)c1c3ccccc3ccc1n2-c1cc(C#N)c(N2C3=CC(C=CC=C3)c3c2ccc2ccccc32)cc1C#N. The van der Waals surface area contributed by atoms with Crippen LogP contribution in [0.15, 0.2) is 176 Å². The fourth-order valence-corrected chi connectivity index (χ4v) is 8.86. The zero-order valence-electron chi connectivity index (χ0n) is 30.7. The summed E-state index contributed by atoms with van der Waals surface area (Å²) in [5, 5.41) is 28.7. The second-order valence-electron chi connectivity index (χ2n) is 14.4. The molecule has 2 heterocycles. The minimum absolute atomic E-state index is 0.0730. The Morgan fingerprint density at radius 3 is 2.23 bits per heavy atom. The lowest BCUT2D eigenvalue weighted by atomic mass is 9.87. The molecule has 1 aliphatic heterocycles. The first-order valence-corrected chi connectivity index (χ1v) is 18.8. The van der Waals surface area contributed by atoms with Gasteiger partial charge < -0.3 is 9.47 Å². The Balaban J connectivity index is 1.23. The fraction of sp³-hybridized carbons (Fsp3) is 0.0385. The van der Waals surface area contributed by atoms with Gasteiger partial charge in [-0.2, -0.15) is 10.5 Å². The van der Waals surface area contributed by atoms with Crippen molar-refractivity contribution in [3.05, 3.63) is 204 Å². The second-order valence-corrected chi connectivity index (χ2v) is 14.4. The predicted molar refractivity (Wildman–Crippen MR) is 232 cm³/mol. The van der Waals surface area contributed by atoms with Crippen molar-refractivity contribution in [2.75, 3.05) is 4.90 Å². The molecule has 2 aliphatic rings. The number of benzene rings is 7. The highest BCUT2D eigenvalue weighted by atomic mass is 15.2. The Labute approximate surface area is 325 Å². The molecule has 10 rings (SSSR count). The molecule has 0 saturated heterocycles. The molecule has 1 atom stereocenters. The minimum atomic E-state index is 0.0730. The number of anilines is 2. The summed E-state index contributed by atoms with van der Waals surface area (Å²) in [6.45, 7) is 6.03. The first-order chi connectivity index (χ1) is 27.6. The maximum absolute atomic E-state index is 11.0. The van der Waals surface area contributed by atoms with E-state index < -0.39 is 0 Å². The van der Waals surface area contributed by atoms with Crippen LogP contribution in [0.2, 0.25) is 0 Å². The lowest BCUT2D eigenvalue weighted by Gasteiger charge is -2.35. The molecule has 2 bridgehead atoms. The van der Waals surface area contributed by atoms with Crippen molar-refractivity contribution in [2.24, 2.45) is 0 Å². The summed E-state index contributed by atoms with van der Waals surface area (Å²) in [6, 6.07) is 47.4. The van der Waals surface area contributed by atoms with Crippen molar-refractivity contribution in [2.45, 2.75) is 12.8 Å². The molecule has 8 aromatic rings. The first-order valence-electron chi connectivity index (χ1n) is 18.8. The smallest absolute Gasteiger partial charge is 0.101 e. The third kappa shape index (κ3) is 4.98. The zero-order valence-corrected chi connectivity index (χ0v) is 30.7. The van der Waals surface area contributed by atoms with E-state index >= 15 is 0 Å². The standard InChI is InChI=1S/C52H34N4/c1-3-4-17-41-33(2)12-11-20-42(41)36-23-24-46-45(28-36)52-44-19-10-7-14-35(44)22-26-48(52)56(46)50-30-38(31-53)49(29-39(50)32-54)55-40-16-8-5-15-37(27-40)51-43-18-9-6-13-34(43)21-25-47(51)55/h3-30,37H,1H2,2H3/b17-4-. The molecule has 0 spiro atoms. The molecule has 0 fully saturated rings. The number of aromatic nitrogens is 1. The van der Waals surface area contributed by atoms with Crippen LogP contribution in [0.4, 0.5) is 11.4 Å². The van der Waals surface area contributed by atoms with Crippen LogP contribution in [-0.2, 0) is 0 Å². The molecule has 7 aromatic carbocycles. The molecular formula is C52H34N4. The molecule has 262 valence electrons. The normalized spacial score (nSPS) is 14.6. The average Bonchev–Trinajstić information content (AvgIpc) is 3.43. The van der Waals surface area contributed by atoms with Crippen molar-refractivity contribution in [3.8, 4) is 29.0 Å². The second kappa shape index (κ2) is 13.0. The van der Waals surface area contributed by atoms with Gasteiger partial charge in [-0.25, -0.2) is 0 Å². The van der Waals surface area contributed by atoms with Gasteiger partial charge in [-0.15, -0.1) is 0 Å². The van der Waals surface area contributed by atoms with Gasteiger partial charge in [-0.05, 0) is 105 Å². The van der Waals surface area contributed by atoms with Gasteiger partial charge in [-0.1, -0.05) is 128 Å². The molecule has 0 N–H and O–H groups in total. The lowest BCUT2D eigenvalue weighted by molar-refractivity contribution is 1.01. The molecule has 1 unspecified atom stereocenters. The van der Waals surface area contributed by atoms with Crippen LogP contribution < -0.4 is 4.90 Å². The summed E-state index contributed by atoms with van der Waals surface area (Å²) in [7, 11) is 0. The highest BCUT2D eigenvalue weighted by molar-refractivity contribution is 6.22. The van der Waals surface area contributed by atoms with Crippen LogP contribution in [0.5, 0.6) is 0 Å². The molecule has 1 aliphatic carbocycles. The van der Waals surface area contributed by atoms with Crippen LogP contribution in [0.1, 0.15) is 33.7 Å². The van der Waals surface area contributed by atoms with E-state index in [1.165, 1.54) is 16.5 Å². The number of fused-ring (bicyclic) bond motifs is 10. The lowest BCUT2D eigenvalue weighted by Crippen LogP contribution is -2.23. The molecule has 4 heteroatoms. The number of allylic oxidation sites excluding steroid dienone is 7. The van der Waals surface area contributed by atoms with Gasteiger partial charge in [0, 0.05) is 22.4 Å². The van der Waals surface area contributed by atoms with E-state index in [2.05, 4.69) is 175 Å². The van der Waals surface area contributed by atoms with Gasteiger partial charge >= 0.3 is 0 Å². The van der Waals surface area contributed by atoms with Gasteiger partial charge in [0.25, 0.3) is 0 Å². The van der Waals surface area contributed by atoms with Crippen molar-refractivity contribution in [1.82, 2.24) is 4.57 Å². The number of rotatable bonds is 5. The monoisotopic (exact) mass is 714 g/mol. The zero-order chi connectivity index (χ0) is 37.9. The third-order valence-corrected chi connectivity index (χ3v) is 11.4. The van der Waals surface area contributed by atoms with Crippen molar-refractivity contribution in [1.29, 1.82) is 10.5 Å². The van der Waals surface area contributed by atoms with E-state index in [9.17, 15) is 10.5 Å². The van der Waals surface area contributed by atoms with Crippen LogP contribution in [0, 0.1) is 29.6 Å². The Hall–Kier alpha value is -7.66.